The topological polar surface area (TPSA) is 88.7 Å². The summed E-state index contributed by atoms with van der Waals surface area (Å²) < 4.78 is 0. The highest BCUT2D eigenvalue weighted by Crippen LogP contribution is 2.33. The summed E-state index contributed by atoms with van der Waals surface area (Å²) in [5.41, 5.74) is 0.982. The molecular weight excluding hydrogens is 388 g/mol. The van der Waals surface area contributed by atoms with Crippen LogP contribution in [0.3, 0.4) is 0 Å². The normalized spacial score (nSPS) is 17.4. The zero-order valence-electron chi connectivity index (χ0n) is 14.1. The first-order valence-electron chi connectivity index (χ1n) is 7.73. The number of carbonyl (C=O) groups is 1. The molecule has 2 heterocycles. The molecule has 1 aromatic carbocycles. The minimum atomic E-state index is -0.445. The molecule has 0 radical (unpaired) electrons. The molecule has 1 saturated heterocycles. The second kappa shape index (κ2) is 8.15. The van der Waals surface area contributed by atoms with Crippen LogP contribution < -0.4 is 0 Å². The highest BCUT2D eigenvalue weighted by atomic mass is 35.5. The number of para-hydroxylation sites is 1. The number of thioether (sulfide) groups is 1. The number of pyridine rings is 1. The fraction of sp³-hybridized carbons (Fsp3) is 0.0556. The van der Waals surface area contributed by atoms with Gasteiger partial charge in [-0.05, 0) is 36.0 Å². The first-order chi connectivity index (χ1) is 13.0. The number of amides is 1. The van der Waals surface area contributed by atoms with E-state index < -0.39 is 4.92 Å². The summed E-state index contributed by atoms with van der Waals surface area (Å²) in [7, 11) is 1.62. The number of allylic oxidation sites excluding steroid dienone is 2. The van der Waals surface area contributed by atoms with Gasteiger partial charge in [-0.2, -0.15) is 0 Å². The number of benzene rings is 1. The van der Waals surface area contributed by atoms with Gasteiger partial charge in [0.15, 0.2) is 5.17 Å². The van der Waals surface area contributed by atoms with Gasteiger partial charge in [0.05, 0.1) is 26.1 Å². The van der Waals surface area contributed by atoms with Crippen molar-refractivity contribution in [2.45, 2.75) is 0 Å². The third-order valence-corrected chi connectivity index (χ3v) is 5.00. The van der Waals surface area contributed by atoms with Crippen LogP contribution in [0, 0.1) is 10.1 Å². The molecule has 9 heteroatoms. The quantitative estimate of drug-likeness (QED) is 0.430. The van der Waals surface area contributed by atoms with E-state index in [1.165, 1.54) is 28.9 Å². The predicted molar refractivity (Wildman–Crippen MR) is 107 cm³/mol. The molecule has 1 aliphatic rings. The van der Waals surface area contributed by atoms with Crippen LogP contribution in [0.25, 0.3) is 6.08 Å². The van der Waals surface area contributed by atoms with Gasteiger partial charge in [-0.25, -0.2) is 4.99 Å². The van der Waals surface area contributed by atoms with Crippen molar-refractivity contribution in [2.24, 2.45) is 4.99 Å². The van der Waals surface area contributed by atoms with Gasteiger partial charge in [-0.1, -0.05) is 29.8 Å². The van der Waals surface area contributed by atoms with Crippen molar-refractivity contribution < 1.29 is 9.72 Å². The summed E-state index contributed by atoms with van der Waals surface area (Å²) in [6, 6.07) is 8.04. The largest absolute Gasteiger partial charge is 0.290 e. The van der Waals surface area contributed by atoms with Crippen molar-refractivity contribution in [3.8, 4) is 0 Å². The lowest BCUT2D eigenvalue weighted by molar-refractivity contribution is -0.385. The molecule has 1 aliphatic heterocycles. The number of hydrogen-bond donors (Lipinski definition) is 0. The molecule has 0 unspecified atom stereocenters. The summed E-state index contributed by atoms with van der Waals surface area (Å²) in [5.74, 6) is -0.212. The predicted octanol–water partition coefficient (Wildman–Crippen LogP) is 4.43. The summed E-state index contributed by atoms with van der Waals surface area (Å²) >= 11 is 7.25. The molecule has 0 spiro atoms. The summed E-state index contributed by atoms with van der Waals surface area (Å²) in [4.78, 5) is 33.2. The summed E-state index contributed by atoms with van der Waals surface area (Å²) in [5, 5.41) is 11.9. The smallest absolute Gasteiger partial charge is 0.276 e. The maximum absolute atomic E-state index is 12.4. The molecule has 1 aromatic heterocycles. The maximum atomic E-state index is 12.4. The Hall–Kier alpha value is -2.97. The van der Waals surface area contributed by atoms with Crippen molar-refractivity contribution in [1.82, 2.24) is 9.88 Å². The van der Waals surface area contributed by atoms with Gasteiger partial charge in [0.2, 0.25) is 0 Å². The van der Waals surface area contributed by atoms with E-state index in [0.29, 0.717) is 26.3 Å². The summed E-state index contributed by atoms with van der Waals surface area (Å²) in [6.45, 7) is 0. The molecule has 0 bridgehead atoms. The van der Waals surface area contributed by atoms with Crippen molar-refractivity contribution in [3.63, 3.8) is 0 Å². The third-order valence-electron chi connectivity index (χ3n) is 3.63. The van der Waals surface area contributed by atoms with Crippen molar-refractivity contribution >= 4 is 51.9 Å². The molecule has 1 amide bonds. The number of nitro groups is 1. The first-order valence-corrected chi connectivity index (χ1v) is 8.92. The molecule has 1 fully saturated rings. The number of halogens is 1. The van der Waals surface area contributed by atoms with Crippen molar-refractivity contribution in [2.75, 3.05) is 7.05 Å². The molecule has 0 N–H and O–H groups in total. The van der Waals surface area contributed by atoms with Crippen LogP contribution in [0.5, 0.6) is 0 Å². The fourth-order valence-electron chi connectivity index (χ4n) is 2.26. The number of likely N-dealkylation sites (N-methyl/N-ethyl adjacent to an activating group) is 1. The van der Waals surface area contributed by atoms with E-state index in [9.17, 15) is 14.9 Å². The molecule has 27 heavy (non-hydrogen) atoms. The lowest BCUT2D eigenvalue weighted by Gasteiger charge is -2.07. The van der Waals surface area contributed by atoms with Crippen LogP contribution in [-0.4, -0.2) is 32.9 Å². The Morgan fingerprint density at radius 2 is 2.11 bits per heavy atom. The molecule has 0 aliphatic carbocycles. The number of nitrogens with zero attached hydrogens (tertiary/aromatic N) is 4. The molecule has 3 rings (SSSR count). The van der Waals surface area contributed by atoms with Crippen LogP contribution in [0.4, 0.5) is 11.4 Å². The van der Waals surface area contributed by atoms with Gasteiger partial charge in [-0.15, -0.1) is 0 Å². The molecule has 0 atom stereocenters. The average molecular weight is 401 g/mol. The Morgan fingerprint density at radius 3 is 2.85 bits per heavy atom. The molecule has 7 nitrogen and oxygen atoms in total. The van der Waals surface area contributed by atoms with Crippen LogP contribution in [-0.2, 0) is 4.79 Å². The van der Waals surface area contributed by atoms with Crippen LogP contribution in [0.1, 0.15) is 5.56 Å². The monoisotopic (exact) mass is 400 g/mol. The Kier molecular flexibility index (Phi) is 5.68. The van der Waals surface area contributed by atoms with Crippen molar-refractivity contribution in [3.05, 3.63) is 80.5 Å². The zero-order valence-corrected chi connectivity index (χ0v) is 15.6. The highest BCUT2D eigenvalue weighted by molar-refractivity contribution is 8.18. The number of aliphatic imine (C=N–C) groups is 1. The van der Waals surface area contributed by atoms with E-state index in [1.807, 2.05) is 0 Å². The SMILES string of the molecule is CN1C(=O)/C(=C/C=C/c2ccccc2[N+](=O)[O-])SC1=Nc1ccncc1Cl. The Morgan fingerprint density at radius 1 is 1.33 bits per heavy atom. The van der Waals surface area contributed by atoms with Gasteiger partial charge in [0.25, 0.3) is 11.6 Å². The minimum absolute atomic E-state index is 0.00394. The van der Waals surface area contributed by atoms with Gasteiger partial charge >= 0.3 is 0 Å². The van der Waals surface area contributed by atoms with E-state index in [2.05, 4.69) is 9.98 Å². The van der Waals surface area contributed by atoms with Gasteiger partial charge in [0.1, 0.15) is 0 Å². The first kappa shape index (κ1) is 18.8. The molecule has 136 valence electrons. The average Bonchev–Trinajstić information content (AvgIpc) is 2.92. The van der Waals surface area contributed by atoms with Crippen LogP contribution in [0.2, 0.25) is 5.02 Å². The van der Waals surface area contributed by atoms with Crippen LogP contribution >= 0.6 is 23.4 Å². The number of carbonyl (C=O) groups excluding carboxylic acids is 1. The Bertz CT molecular complexity index is 1000. The van der Waals surface area contributed by atoms with Gasteiger partial charge in [0, 0.05) is 25.5 Å². The second-order valence-corrected chi connectivity index (χ2v) is 6.81. The standard InChI is InChI=1S/C18H13ClN4O3S/c1-22-17(24)16(27-18(22)21-14-9-10-20-11-13(14)19)8-4-6-12-5-2-3-7-15(12)23(25)26/h2-11H,1H3/b6-4+,16-8-,21-18?. The van der Waals surface area contributed by atoms with Gasteiger partial charge in [-0.3, -0.25) is 24.8 Å². The highest BCUT2D eigenvalue weighted by Gasteiger charge is 2.30. The van der Waals surface area contributed by atoms with Crippen molar-refractivity contribution in [1.29, 1.82) is 0 Å². The second-order valence-electron chi connectivity index (χ2n) is 5.39. The molecule has 0 saturated carbocycles. The molecular formula is C18H13ClN4O3S. The van der Waals surface area contributed by atoms with E-state index in [-0.39, 0.29) is 11.6 Å². The summed E-state index contributed by atoms with van der Waals surface area (Å²) in [6.07, 6.45) is 7.86. The number of hydrogen-bond acceptors (Lipinski definition) is 6. The maximum Gasteiger partial charge on any atom is 0.276 e. The van der Waals surface area contributed by atoms with Crippen LogP contribution in [0.15, 0.2) is 64.8 Å². The van der Waals surface area contributed by atoms with E-state index in [1.54, 1.807) is 55.7 Å². The Labute approximate surface area is 164 Å². The number of amidine groups is 1. The Balaban J connectivity index is 1.83. The van der Waals surface area contributed by atoms with E-state index in [0.717, 1.165) is 0 Å². The van der Waals surface area contributed by atoms with Gasteiger partial charge < -0.3 is 0 Å². The zero-order chi connectivity index (χ0) is 19.4. The fourth-order valence-corrected chi connectivity index (χ4v) is 3.35. The molecule has 2 aromatic rings. The number of nitro benzene ring substituents is 1. The van der Waals surface area contributed by atoms with E-state index >= 15 is 0 Å². The number of aromatic nitrogens is 1. The lowest BCUT2D eigenvalue weighted by Crippen LogP contribution is -2.23. The number of rotatable bonds is 4. The van der Waals surface area contributed by atoms with E-state index in [4.69, 9.17) is 11.6 Å². The minimum Gasteiger partial charge on any atom is -0.290 e. The third kappa shape index (κ3) is 4.24. The lowest BCUT2D eigenvalue weighted by atomic mass is 10.1.